The Hall–Kier alpha value is -2.82. The average Bonchev–Trinajstić information content (AvgIpc) is 3.56. The van der Waals surface area contributed by atoms with Crippen LogP contribution in [0.4, 0.5) is 5.69 Å². The molecule has 0 aromatic heterocycles. The fourth-order valence-corrected chi connectivity index (χ4v) is 2.98. The second-order valence-corrected chi connectivity index (χ2v) is 7.38. The van der Waals surface area contributed by atoms with Crippen LogP contribution in [0.3, 0.4) is 0 Å². The van der Waals surface area contributed by atoms with Crippen molar-refractivity contribution in [2.45, 2.75) is 45.6 Å². The smallest absolute Gasteiger partial charge is 0.258 e. The van der Waals surface area contributed by atoms with E-state index in [0.29, 0.717) is 12.5 Å². The van der Waals surface area contributed by atoms with Crippen molar-refractivity contribution in [3.63, 3.8) is 0 Å². The van der Waals surface area contributed by atoms with Crippen molar-refractivity contribution in [2.75, 3.05) is 11.9 Å². The molecule has 2 amide bonds. The van der Waals surface area contributed by atoms with Crippen LogP contribution in [0.15, 0.2) is 48.5 Å². The number of anilines is 1. The molecule has 5 nitrogen and oxygen atoms in total. The molecule has 148 valence electrons. The normalized spacial score (nSPS) is 14.2. The summed E-state index contributed by atoms with van der Waals surface area (Å²) in [6.45, 7) is 4.65. The number of carbonyl (C=O) groups is 2. The van der Waals surface area contributed by atoms with E-state index < -0.39 is 0 Å². The van der Waals surface area contributed by atoms with Gasteiger partial charge in [0.2, 0.25) is 5.91 Å². The molecule has 0 bridgehead atoms. The minimum absolute atomic E-state index is 0.0223. The van der Waals surface area contributed by atoms with E-state index in [1.165, 1.54) is 0 Å². The molecule has 0 radical (unpaired) electrons. The van der Waals surface area contributed by atoms with Gasteiger partial charge in [-0.3, -0.25) is 9.59 Å². The summed E-state index contributed by atoms with van der Waals surface area (Å²) in [5.41, 5.74) is 2.82. The van der Waals surface area contributed by atoms with Gasteiger partial charge in [-0.15, -0.1) is 0 Å². The molecule has 2 aromatic rings. The van der Waals surface area contributed by atoms with Gasteiger partial charge in [0.25, 0.3) is 5.91 Å². The van der Waals surface area contributed by atoms with Crippen molar-refractivity contribution in [1.29, 1.82) is 0 Å². The van der Waals surface area contributed by atoms with Gasteiger partial charge in [-0.25, -0.2) is 0 Å². The molecule has 1 fully saturated rings. The molecular weight excluding hydrogens is 352 g/mol. The van der Waals surface area contributed by atoms with Gasteiger partial charge in [-0.05, 0) is 54.5 Å². The largest absolute Gasteiger partial charge is 0.483 e. The van der Waals surface area contributed by atoms with Crippen molar-refractivity contribution in [1.82, 2.24) is 5.32 Å². The number of rotatable bonds is 9. The summed E-state index contributed by atoms with van der Waals surface area (Å²) in [6, 6.07) is 15.4. The SMILES string of the molecule is CCC(C)c1ccccc1OCC(=O)NCc1cccc(NC(=O)C2CC2)c1. The zero-order valence-electron chi connectivity index (χ0n) is 16.5. The lowest BCUT2D eigenvalue weighted by molar-refractivity contribution is -0.123. The lowest BCUT2D eigenvalue weighted by Crippen LogP contribution is -2.28. The average molecular weight is 380 g/mol. The van der Waals surface area contributed by atoms with Crippen LogP contribution in [0.1, 0.15) is 50.2 Å². The fourth-order valence-electron chi connectivity index (χ4n) is 2.98. The minimum Gasteiger partial charge on any atom is -0.483 e. The van der Waals surface area contributed by atoms with E-state index in [-0.39, 0.29) is 24.3 Å². The zero-order chi connectivity index (χ0) is 19.9. The van der Waals surface area contributed by atoms with Crippen LogP contribution in [-0.4, -0.2) is 18.4 Å². The zero-order valence-corrected chi connectivity index (χ0v) is 16.5. The Balaban J connectivity index is 1.49. The number of carbonyl (C=O) groups excluding carboxylic acids is 2. The molecule has 3 rings (SSSR count). The van der Waals surface area contributed by atoms with E-state index in [2.05, 4.69) is 24.5 Å². The quantitative estimate of drug-likeness (QED) is 0.684. The third kappa shape index (κ3) is 5.59. The first-order chi connectivity index (χ1) is 13.6. The van der Waals surface area contributed by atoms with E-state index in [9.17, 15) is 9.59 Å². The highest BCUT2D eigenvalue weighted by atomic mass is 16.5. The third-order valence-electron chi connectivity index (χ3n) is 5.05. The van der Waals surface area contributed by atoms with Crippen LogP contribution in [0, 0.1) is 5.92 Å². The molecule has 5 heteroatoms. The first-order valence-corrected chi connectivity index (χ1v) is 9.95. The molecule has 0 spiro atoms. The molecule has 0 saturated heterocycles. The van der Waals surface area contributed by atoms with E-state index in [0.717, 1.165) is 41.8 Å². The molecule has 1 saturated carbocycles. The van der Waals surface area contributed by atoms with Crippen molar-refractivity contribution in [3.05, 3.63) is 59.7 Å². The number of ether oxygens (including phenoxy) is 1. The van der Waals surface area contributed by atoms with E-state index in [4.69, 9.17) is 4.74 Å². The molecule has 2 aromatic carbocycles. The molecule has 1 aliphatic rings. The fraction of sp³-hybridized carbons (Fsp3) is 0.391. The molecule has 1 aliphatic carbocycles. The van der Waals surface area contributed by atoms with Crippen LogP contribution >= 0.6 is 0 Å². The van der Waals surface area contributed by atoms with Crippen LogP contribution in [0.5, 0.6) is 5.75 Å². The topological polar surface area (TPSA) is 67.4 Å². The first-order valence-electron chi connectivity index (χ1n) is 9.95. The van der Waals surface area contributed by atoms with Crippen LogP contribution in [0.25, 0.3) is 0 Å². The summed E-state index contributed by atoms with van der Waals surface area (Å²) in [5, 5.41) is 5.80. The van der Waals surface area contributed by atoms with Crippen molar-refractivity contribution in [2.24, 2.45) is 5.92 Å². The predicted octanol–water partition coefficient (Wildman–Crippen LogP) is 4.24. The Kier molecular flexibility index (Phi) is 6.69. The maximum absolute atomic E-state index is 12.2. The van der Waals surface area contributed by atoms with E-state index >= 15 is 0 Å². The highest BCUT2D eigenvalue weighted by Gasteiger charge is 2.29. The van der Waals surface area contributed by atoms with Gasteiger partial charge in [-0.2, -0.15) is 0 Å². The van der Waals surface area contributed by atoms with Gasteiger partial charge in [0.1, 0.15) is 5.75 Å². The third-order valence-corrected chi connectivity index (χ3v) is 5.05. The maximum atomic E-state index is 12.2. The second-order valence-electron chi connectivity index (χ2n) is 7.38. The first kappa shape index (κ1) is 19.9. The number of para-hydroxylation sites is 1. The van der Waals surface area contributed by atoms with Crippen LogP contribution in [0.2, 0.25) is 0 Å². The Morgan fingerprint density at radius 1 is 1.14 bits per heavy atom. The monoisotopic (exact) mass is 380 g/mol. The van der Waals surface area contributed by atoms with Crippen molar-refractivity contribution >= 4 is 17.5 Å². The molecular formula is C23H28N2O3. The summed E-state index contributed by atoms with van der Waals surface area (Å²) in [5.74, 6) is 1.21. The number of benzene rings is 2. The van der Waals surface area contributed by atoms with E-state index in [1.54, 1.807) is 0 Å². The van der Waals surface area contributed by atoms with Gasteiger partial charge < -0.3 is 15.4 Å². The molecule has 2 N–H and O–H groups in total. The Labute approximate surface area is 166 Å². The van der Waals surface area contributed by atoms with Crippen molar-refractivity contribution in [3.8, 4) is 5.75 Å². The van der Waals surface area contributed by atoms with Crippen LogP contribution < -0.4 is 15.4 Å². The summed E-state index contributed by atoms with van der Waals surface area (Å²) < 4.78 is 5.75. The lowest BCUT2D eigenvalue weighted by atomic mass is 9.98. The number of nitrogens with one attached hydrogen (secondary N) is 2. The highest BCUT2D eigenvalue weighted by molar-refractivity contribution is 5.94. The number of hydrogen-bond acceptors (Lipinski definition) is 3. The van der Waals surface area contributed by atoms with Gasteiger partial charge in [-0.1, -0.05) is 44.2 Å². The second kappa shape index (κ2) is 9.40. The molecule has 0 aliphatic heterocycles. The van der Waals surface area contributed by atoms with Crippen molar-refractivity contribution < 1.29 is 14.3 Å². The summed E-state index contributed by atoms with van der Waals surface area (Å²) in [6.07, 6.45) is 2.96. The molecule has 1 unspecified atom stereocenters. The Bertz CT molecular complexity index is 830. The highest BCUT2D eigenvalue weighted by Crippen LogP contribution is 2.30. The predicted molar refractivity (Wildman–Crippen MR) is 110 cm³/mol. The van der Waals surface area contributed by atoms with E-state index in [1.807, 2.05) is 48.5 Å². The van der Waals surface area contributed by atoms with Gasteiger partial charge in [0, 0.05) is 18.2 Å². The number of hydrogen-bond donors (Lipinski definition) is 2. The molecule has 1 atom stereocenters. The standard InChI is InChI=1S/C23H28N2O3/c1-3-16(2)20-9-4-5-10-21(20)28-15-22(26)24-14-17-7-6-8-19(13-17)25-23(27)18-11-12-18/h4-10,13,16,18H,3,11-12,14-15H2,1-2H3,(H,24,26)(H,25,27). The van der Waals surface area contributed by atoms with Gasteiger partial charge in [0.05, 0.1) is 0 Å². The Morgan fingerprint density at radius 3 is 2.68 bits per heavy atom. The Morgan fingerprint density at radius 2 is 1.93 bits per heavy atom. The van der Waals surface area contributed by atoms with Gasteiger partial charge in [0.15, 0.2) is 6.61 Å². The number of amides is 2. The molecule has 28 heavy (non-hydrogen) atoms. The lowest BCUT2D eigenvalue weighted by Gasteiger charge is -2.15. The summed E-state index contributed by atoms with van der Waals surface area (Å²) >= 11 is 0. The molecule has 0 heterocycles. The summed E-state index contributed by atoms with van der Waals surface area (Å²) in [7, 11) is 0. The summed E-state index contributed by atoms with van der Waals surface area (Å²) in [4.78, 5) is 24.1. The van der Waals surface area contributed by atoms with Crippen LogP contribution in [-0.2, 0) is 16.1 Å². The van der Waals surface area contributed by atoms with Gasteiger partial charge >= 0.3 is 0 Å². The minimum atomic E-state index is -0.175. The maximum Gasteiger partial charge on any atom is 0.258 e.